The summed E-state index contributed by atoms with van der Waals surface area (Å²) in [5.41, 5.74) is 3.47. The Morgan fingerprint density at radius 1 is 1.16 bits per heavy atom. The smallest absolute Gasteiger partial charge is 0.246 e. The highest BCUT2D eigenvalue weighted by Crippen LogP contribution is 2.44. The first-order valence-electron chi connectivity index (χ1n) is 11.6. The Balaban J connectivity index is 1.15. The monoisotopic (exact) mass is 423 g/mol. The minimum absolute atomic E-state index is 0.0128. The van der Waals surface area contributed by atoms with Gasteiger partial charge in [0.25, 0.3) is 0 Å². The number of carbonyl (C=O) groups excluding carboxylic acids is 2. The molecule has 2 N–H and O–H groups in total. The van der Waals surface area contributed by atoms with Crippen LogP contribution in [-0.2, 0) is 31.1 Å². The van der Waals surface area contributed by atoms with Gasteiger partial charge < -0.3 is 24.7 Å². The van der Waals surface area contributed by atoms with Crippen molar-refractivity contribution in [2.45, 2.75) is 56.3 Å². The zero-order valence-electron chi connectivity index (χ0n) is 17.7. The molecule has 0 radical (unpaired) electrons. The Morgan fingerprint density at radius 3 is 2.87 bits per heavy atom. The van der Waals surface area contributed by atoms with E-state index in [0.29, 0.717) is 6.42 Å². The summed E-state index contributed by atoms with van der Waals surface area (Å²) in [5.74, 6) is 0.180. The molecule has 2 amide bonds. The fraction of sp³-hybridized carbons (Fsp3) is 0.583. The van der Waals surface area contributed by atoms with E-state index in [4.69, 9.17) is 9.47 Å². The summed E-state index contributed by atoms with van der Waals surface area (Å²) in [6.07, 6.45) is 4.87. The van der Waals surface area contributed by atoms with Crippen molar-refractivity contribution in [1.29, 1.82) is 0 Å². The third kappa shape index (κ3) is 3.17. The van der Waals surface area contributed by atoms with Crippen LogP contribution in [-0.4, -0.2) is 60.1 Å². The molecule has 3 atom stereocenters. The molecule has 31 heavy (non-hydrogen) atoms. The number of ether oxygens (including phenoxy) is 2. The van der Waals surface area contributed by atoms with Crippen LogP contribution < -0.4 is 5.32 Å². The Hall–Kier alpha value is -2.38. The number of rotatable bonds is 1. The summed E-state index contributed by atoms with van der Waals surface area (Å²) in [4.78, 5) is 30.5. The number of hydrogen-bond donors (Lipinski definition) is 2. The Bertz CT molecular complexity index is 1020. The van der Waals surface area contributed by atoms with Crippen molar-refractivity contribution in [3.05, 3.63) is 35.5 Å². The number of aromatic amines is 1. The van der Waals surface area contributed by atoms with Gasteiger partial charge in [-0.1, -0.05) is 18.2 Å². The lowest BCUT2D eigenvalue weighted by Crippen LogP contribution is -2.56. The average Bonchev–Trinajstić information content (AvgIpc) is 3.19. The summed E-state index contributed by atoms with van der Waals surface area (Å²) in [6, 6.07) is 8.54. The summed E-state index contributed by atoms with van der Waals surface area (Å²) in [6.45, 7) is 2.28. The molecular weight excluding hydrogens is 394 g/mol. The summed E-state index contributed by atoms with van der Waals surface area (Å²) >= 11 is 0. The number of nitrogens with one attached hydrogen (secondary N) is 2. The van der Waals surface area contributed by atoms with Crippen LogP contribution in [0.1, 0.15) is 43.4 Å². The second-order valence-corrected chi connectivity index (χ2v) is 9.48. The van der Waals surface area contributed by atoms with Crippen LogP contribution in [0.15, 0.2) is 24.3 Å². The van der Waals surface area contributed by atoms with Crippen molar-refractivity contribution < 1.29 is 19.1 Å². The van der Waals surface area contributed by atoms with Gasteiger partial charge in [0.05, 0.1) is 24.4 Å². The van der Waals surface area contributed by atoms with Gasteiger partial charge in [0, 0.05) is 29.9 Å². The van der Waals surface area contributed by atoms with E-state index in [0.717, 1.165) is 51.8 Å². The third-order valence-electron chi connectivity index (χ3n) is 7.80. The van der Waals surface area contributed by atoms with E-state index in [1.807, 2.05) is 4.90 Å². The number of aromatic nitrogens is 1. The second-order valence-electron chi connectivity index (χ2n) is 9.48. The lowest BCUT2D eigenvalue weighted by molar-refractivity contribution is -0.151. The first-order valence-corrected chi connectivity index (χ1v) is 11.6. The van der Waals surface area contributed by atoms with Gasteiger partial charge in [-0.15, -0.1) is 0 Å². The van der Waals surface area contributed by atoms with E-state index in [1.165, 1.54) is 22.2 Å². The van der Waals surface area contributed by atoms with Crippen molar-refractivity contribution in [3.63, 3.8) is 0 Å². The fourth-order valence-electron chi connectivity index (χ4n) is 6.14. The van der Waals surface area contributed by atoms with Crippen LogP contribution in [0, 0.1) is 5.92 Å². The maximum absolute atomic E-state index is 13.3. The third-order valence-corrected chi connectivity index (χ3v) is 7.80. The molecule has 1 aromatic heterocycles. The van der Waals surface area contributed by atoms with Crippen molar-refractivity contribution in [2.24, 2.45) is 5.92 Å². The molecule has 2 saturated heterocycles. The van der Waals surface area contributed by atoms with E-state index >= 15 is 0 Å². The molecule has 1 saturated carbocycles. The summed E-state index contributed by atoms with van der Waals surface area (Å²) in [5, 5.41) is 4.31. The van der Waals surface area contributed by atoms with Gasteiger partial charge in [0.2, 0.25) is 11.8 Å². The van der Waals surface area contributed by atoms with Gasteiger partial charge in [-0.3, -0.25) is 9.59 Å². The van der Waals surface area contributed by atoms with Crippen LogP contribution >= 0.6 is 0 Å². The van der Waals surface area contributed by atoms with Gasteiger partial charge in [-0.25, -0.2) is 0 Å². The molecule has 7 heteroatoms. The summed E-state index contributed by atoms with van der Waals surface area (Å²) < 4.78 is 12.1. The maximum Gasteiger partial charge on any atom is 0.246 e. The number of nitrogens with zero attached hydrogens (tertiary/aromatic N) is 1. The first kappa shape index (κ1) is 19.3. The molecule has 1 aromatic carbocycles. The molecule has 1 aliphatic carbocycles. The molecule has 0 bridgehead atoms. The lowest BCUT2D eigenvalue weighted by Gasteiger charge is -2.45. The maximum atomic E-state index is 13.3. The van der Waals surface area contributed by atoms with Crippen LogP contribution in [0.3, 0.4) is 0 Å². The number of hydrogen-bond acceptors (Lipinski definition) is 4. The minimum atomic E-state index is -0.308. The number of likely N-dealkylation sites (tertiary alicyclic amines) is 1. The molecule has 164 valence electrons. The van der Waals surface area contributed by atoms with Crippen molar-refractivity contribution in [1.82, 2.24) is 15.2 Å². The van der Waals surface area contributed by atoms with Crippen LogP contribution in [0.25, 0.3) is 10.9 Å². The lowest BCUT2D eigenvalue weighted by atomic mass is 9.80. The molecule has 3 fully saturated rings. The molecular formula is C24H29N3O4. The molecule has 4 heterocycles. The summed E-state index contributed by atoms with van der Waals surface area (Å²) in [7, 11) is 0. The number of amides is 2. The fourth-order valence-corrected chi connectivity index (χ4v) is 6.14. The number of piperidine rings is 1. The van der Waals surface area contributed by atoms with E-state index in [2.05, 4.69) is 34.6 Å². The van der Waals surface area contributed by atoms with Crippen molar-refractivity contribution >= 4 is 22.7 Å². The van der Waals surface area contributed by atoms with Crippen molar-refractivity contribution in [2.75, 3.05) is 26.3 Å². The first-order chi connectivity index (χ1) is 15.1. The molecule has 2 aromatic rings. The predicted molar refractivity (Wildman–Crippen MR) is 114 cm³/mol. The average molecular weight is 424 g/mol. The molecule has 1 spiro atoms. The number of morpholine rings is 1. The number of para-hydroxylation sites is 1. The standard InChI is InChI=1S/C24H29N3O4/c28-21-14-30-20-13-15(5-6-19(20)25-21)23(29)27-10-8-24(9-11-27)22-17(7-12-31-24)16-3-1-2-4-18(16)26-22/h1-4,15,19-20,26H,5-14H2,(H,25,28)/t15-,19-,20-/m0/s1. The number of benzene rings is 1. The second kappa shape index (κ2) is 7.35. The molecule has 6 rings (SSSR count). The zero-order valence-corrected chi connectivity index (χ0v) is 17.7. The van der Waals surface area contributed by atoms with Crippen LogP contribution in [0.5, 0.6) is 0 Å². The van der Waals surface area contributed by atoms with Gasteiger partial charge in [-0.05, 0) is 50.2 Å². The van der Waals surface area contributed by atoms with E-state index < -0.39 is 0 Å². The zero-order chi connectivity index (χ0) is 21.0. The van der Waals surface area contributed by atoms with E-state index in [9.17, 15) is 9.59 Å². The van der Waals surface area contributed by atoms with Gasteiger partial charge in [0.15, 0.2) is 0 Å². The quantitative estimate of drug-likeness (QED) is 0.737. The molecule has 4 aliphatic rings. The van der Waals surface area contributed by atoms with E-state index in [-0.39, 0.29) is 42.1 Å². The minimum Gasteiger partial charge on any atom is -0.368 e. The number of H-pyrrole nitrogens is 1. The van der Waals surface area contributed by atoms with E-state index in [1.54, 1.807) is 0 Å². The van der Waals surface area contributed by atoms with Crippen LogP contribution in [0.4, 0.5) is 0 Å². The van der Waals surface area contributed by atoms with Gasteiger partial charge in [-0.2, -0.15) is 0 Å². The highest BCUT2D eigenvalue weighted by atomic mass is 16.5. The number of carbonyl (C=O) groups is 2. The molecule has 0 unspecified atom stereocenters. The van der Waals surface area contributed by atoms with Gasteiger partial charge >= 0.3 is 0 Å². The highest BCUT2D eigenvalue weighted by Gasteiger charge is 2.45. The Labute approximate surface area is 181 Å². The molecule has 7 nitrogen and oxygen atoms in total. The SMILES string of the molecule is O=C1CO[C@H]2C[C@@H](C(=O)N3CCC4(CC3)OCCc3c4[nH]c4ccccc34)CC[C@@H]2N1. The normalized spacial score (nSPS) is 30.0. The van der Waals surface area contributed by atoms with Crippen LogP contribution in [0.2, 0.25) is 0 Å². The topological polar surface area (TPSA) is 83.7 Å². The largest absolute Gasteiger partial charge is 0.368 e. The van der Waals surface area contributed by atoms with Crippen molar-refractivity contribution in [3.8, 4) is 0 Å². The van der Waals surface area contributed by atoms with Gasteiger partial charge in [0.1, 0.15) is 12.2 Å². The predicted octanol–water partition coefficient (Wildman–Crippen LogP) is 2.24. The Kier molecular flexibility index (Phi) is 4.58. The Morgan fingerprint density at radius 2 is 2.00 bits per heavy atom. The highest BCUT2D eigenvalue weighted by molar-refractivity contribution is 5.85. The molecule has 3 aliphatic heterocycles. The number of fused-ring (bicyclic) bond motifs is 5.